The largest absolute Gasteiger partial charge is 0.449 e. The number of hydrogen-bond donors (Lipinski definition) is 0. The summed E-state index contributed by atoms with van der Waals surface area (Å²) in [7, 11) is 0. The molecule has 0 saturated heterocycles. The van der Waals surface area contributed by atoms with Crippen LogP contribution in [0.15, 0.2) is 73.3 Å². The third kappa shape index (κ3) is 2.30. The van der Waals surface area contributed by atoms with Crippen LogP contribution >= 0.6 is 0 Å². The van der Waals surface area contributed by atoms with Crippen LogP contribution in [-0.2, 0) is 11.2 Å². The molecule has 5 aromatic rings. The summed E-state index contributed by atoms with van der Waals surface area (Å²) in [6.07, 6.45) is 4.86. The minimum Gasteiger partial charge on any atom is -0.449 e. The minimum absolute atomic E-state index is 0.334. The van der Waals surface area contributed by atoms with E-state index < -0.39 is 6.09 Å². The predicted molar refractivity (Wildman–Crippen MR) is 103 cm³/mol. The Morgan fingerprint density at radius 2 is 1.65 bits per heavy atom. The highest BCUT2D eigenvalue weighted by molar-refractivity contribution is 6.23. The van der Waals surface area contributed by atoms with E-state index in [4.69, 9.17) is 4.74 Å². The second-order valence-electron chi connectivity index (χ2n) is 6.42. The zero-order valence-corrected chi connectivity index (χ0v) is 14.1. The predicted octanol–water partition coefficient (Wildman–Crippen LogP) is 5.01. The minimum atomic E-state index is -0.403. The van der Waals surface area contributed by atoms with E-state index in [1.165, 1.54) is 48.8 Å². The van der Waals surface area contributed by atoms with Gasteiger partial charge in [0.15, 0.2) is 0 Å². The normalized spacial score (nSPS) is 11.5. The highest BCUT2D eigenvalue weighted by Crippen LogP contribution is 2.35. The quantitative estimate of drug-likeness (QED) is 0.434. The molecule has 0 spiro atoms. The molecular weight excluding hydrogens is 324 g/mol. The molecule has 5 rings (SSSR count). The van der Waals surface area contributed by atoms with Crippen LogP contribution in [0.25, 0.3) is 32.3 Å². The van der Waals surface area contributed by atoms with E-state index in [9.17, 15) is 4.79 Å². The number of hydrogen-bond acceptors (Lipinski definition) is 3. The lowest BCUT2D eigenvalue weighted by Crippen LogP contribution is -2.13. The monoisotopic (exact) mass is 340 g/mol. The van der Waals surface area contributed by atoms with Crippen LogP contribution in [0.4, 0.5) is 4.79 Å². The number of carbonyl (C=O) groups is 1. The Balaban J connectivity index is 1.51. The van der Waals surface area contributed by atoms with E-state index in [0.29, 0.717) is 13.0 Å². The van der Waals surface area contributed by atoms with Crippen molar-refractivity contribution in [2.45, 2.75) is 6.42 Å². The van der Waals surface area contributed by atoms with Gasteiger partial charge >= 0.3 is 6.09 Å². The van der Waals surface area contributed by atoms with Gasteiger partial charge in [0.1, 0.15) is 6.33 Å². The Hall–Kier alpha value is -3.40. The number of benzene rings is 4. The molecule has 0 saturated carbocycles. The second kappa shape index (κ2) is 5.85. The second-order valence-corrected chi connectivity index (χ2v) is 6.42. The molecule has 0 aliphatic carbocycles. The van der Waals surface area contributed by atoms with E-state index in [2.05, 4.69) is 59.6 Å². The van der Waals surface area contributed by atoms with Crippen molar-refractivity contribution in [2.24, 2.45) is 0 Å². The van der Waals surface area contributed by atoms with Crippen LogP contribution in [-0.4, -0.2) is 22.3 Å². The fraction of sp³-hybridized carbons (Fsp3) is 0.0909. The molecule has 0 aliphatic rings. The first-order valence-corrected chi connectivity index (χ1v) is 8.62. The molecule has 0 atom stereocenters. The molecule has 126 valence electrons. The van der Waals surface area contributed by atoms with Crippen LogP contribution in [0.5, 0.6) is 0 Å². The molecule has 4 aromatic carbocycles. The highest BCUT2D eigenvalue weighted by atomic mass is 16.5. The number of rotatable bonds is 3. The van der Waals surface area contributed by atoms with Gasteiger partial charge in [-0.3, -0.25) is 0 Å². The summed E-state index contributed by atoms with van der Waals surface area (Å²) in [6, 6.07) is 19.4. The summed E-state index contributed by atoms with van der Waals surface area (Å²) in [5, 5.41) is 7.57. The molecule has 0 amide bonds. The Morgan fingerprint density at radius 3 is 2.42 bits per heavy atom. The Bertz CT molecular complexity index is 1210. The van der Waals surface area contributed by atoms with Crippen LogP contribution in [0.3, 0.4) is 0 Å². The number of imidazole rings is 1. The van der Waals surface area contributed by atoms with E-state index >= 15 is 0 Å². The average molecular weight is 340 g/mol. The summed E-state index contributed by atoms with van der Waals surface area (Å²) in [5.41, 5.74) is 1.19. The van der Waals surface area contributed by atoms with Crippen molar-refractivity contribution in [3.05, 3.63) is 78.9 Å². The standard InChI is InChI=1S/C22H16N2O2/c25-22(24-12-11-23-14-24)26-13-10-15-4-5-18-7-6-16-2-1-3-17-8-9-19(15)21(18)20(16)17/h1-9,11-12,14H,10,13H2. The lowest BCUT2D eigenvalue weighted by Gasteiger charge is -2.14. The molecule has 0 fully saturated rings. The maximum Gasteiger partial charge on any atom is 0.419 e. The van der Waals surface area contributed by atoms with Crippen molar-refractivity contribution in [1.82, 2.24) is 9.55 Å². The average Bonchev–Trinajstić information content (AvgIpc) is 3.22. The number of aromatic nitrogens is 2. The van der Waals surface area contributed by atoms with Gasteiger partial charge < -0.3 is 4.74 Å². The van der Waals surface area contributed by atoms with Crippen molar-refractivity contribution in [3.63, 3.8) is 0 Å². The molecule has 4 nitrogen and oxygen atoms in total. The fourth-order valence-electron chi connectivity index (χ4n) is 3.70. The van der Waals surface area contributed by atoms with Crippen molar-refractivity contribution in [1.29, 1.82) is 0 Å². The lowest BCUT2D eigenvalue weighted by atomic mass is 9.91. The third-order valence-electron chi connectivity index (χ3n) is 4.93. The molecule has 26 heavy (non-hydrogen) atoms. The summed E-state index contributed by atoms with van der Waals surface area (Å²) in [4.78, 5) is 15.8. The maximum atomic E-state index is 11.9. The summed E-state index contributed by atoms with van der Waals surface area (Å²) in [5.74, 6) is 0. The Morgan fingerprint density at radius 1 is 0.923 bits per heavy atom. The van der Waals surface area contributed by atoms with E-state index in [0.717, 1.165) is 0 Å². The zero-order chi connectivity index (χ0) is 17.5. The molecule has 0 unspecified atom stereocenters. The van der Waals surface area contributed by atoms with Gasteiger partial charge in [-0.1, -0.05) is 54.6 Å². The molecule has 4 heteroatoms. The zero-order valence-electron chi connectivity index (χ0n) is 14.1. The van der Waals surface area contributed by atoms with Crippen LogP contribution in [0.1, 0.15) is 5.56 Å². The SMILES string of the molecule is O=C(OCCc1ccc2ccc3cccc4ccc1c2c34)n1ccnc1. The van der Waals surface area contributed by atoms with Gasteiger partial charge in [-0.25, -0.2) is 14.3 Å². The molecule has 0 bridgehead atoms. The molecule has 1 heterocycles. The smallest absolute Gasteiger partial charge is 0.419 e. The van der Waals surface area contributed by atoms with Crippen molar-refractivity contribution in [3.8, 4) is 0 Å². The van der Waals surface area contributed by atoms with Gasteiger partial charge in [0.25, 0.3) is 0 Å². The summed E-state index contributed by atoms with van der Waals surface area (Å²) >= 11 is 0. The van der Waals surface area contributed by atoms with Gasteiger partial charge in [-0.05, 0) is 37.9 Å². The Kier molecular flexibility index (Phi) is 3.35. The number of carbonyl (C=O) groups excluding carboxylic acids is 1. The van der Waals surface area contributed by atoms with Gasteiger partial charge in [0.05, 0.1) is 6.61 Å². The van der Waals surface area contributed by atoms with Crippen molar-refractivity contribution in [2.75, 3.05) is 6.61 Å². The first-order chi connectivity index (χ1) is 12.8. The summed E-state index contributed by atoms with van der Waals surface area (Å²) < 4.78 is 6.70. The van der Waals surface area contributed by atoms with Crippen LogP contribution < -0.4 is 0 Å². The highest BCUT2D eigenvalue weighted by Gasteiger charge is 2.11. The third-order valence-corrected chi connectivity index (χ3v) is 4.93. The maximum absolute atomic E-state index is 11.9. The van der Waals surface area contributed by atoms with E-state index in [-0.39, 0.29) is 0 Å². The molecule has 0 aliphatic heterocycles. The first-order valence-electron chi connectivity index (χ1n) is 8.62. The fourth-order valence-corrected chi connectivity index (χ4v) is 3.70. The van der Waals surface area contributed by atoms with E-state index in [1.807, 2.05) is 0 Å². The van der Waals surface area contributed by atoms with Crippen LogP contribution in [0, 0.1) is 0 Å². The molecule has 0 N–H and O–H groups in total. The molecule has 1 aromatic heterocycles. The molecular formula is C22H16N2O2. The van der Waals surface area contributed by atoms with Gasteiger partial charge in [0, 0.05) is 18.8 Å². The van der Waals surface area contributed by atoms with Crippen molar-refractivity contribution >= 4 is 38.4 Å². The summed E-state index contributed by atoms with van der Waals surface area (Å²) in [6.45, 7) is 0.334. The van der Waals surface area contributed by atoms with E-state index in [1.54, 1.807) is 12.4 Å². The molecule has 0 radical (unpaired) electrons. The number of nitrogens with zero attached hydrogens (tertiary/aromatic N) is 2. The van der Waals surface area contributed by atoms with Gasteiger partial charge in [-0.2, -0.15) is 0 Å². The van der Waals surface area contributed by atoms with Crippen molar-refractivity contribution < 1.29 is 9.53 Å². The number of ether oxygens (including phenoxy) is 1. The first kappa shape index (κ1) is 14.9. The van der Waals surface area contributed by atoms with Gasteiger partial charge in [0.2, 0.25) is 0 Å². The van der Waals surface area contributed by atoms with Gasteiger partial charge in [-0.15, -0.1) is 0 Å². The Labute approximate surface area is 150 Å². The topological polar surface area (TPSA) is 44.1 Å². The lowest BCUT2D eigenvalue weighted by molar-refractivity contribution is 0.149. The van der Waals surface area contributed by atoms with Crippen LogP contribution in [0.2, 0.25) is 0 Å².